The molecule has 3 heterocycles. The molecule has 4 rings (SSSR count). The first-order valence-electron chi connectivity index (χ1n) is 9.45. The SMILES string of the molecule is CC[C@H](C)[C@@H](C(=O)N1CC=C(c2c[nH]c3ccccc23)CC1)n1cnnn1. The predicted octanol–water partition coefficient (Wildman–Crippen LogP) is 3.06. The number of hydrogen-bond acceptors (Lipinski definition) is 4. The lowest BCUT2D eigenvalue weighted by Gasteiger charge is -2.31. The van der Waals surface area contributed by atoms with Gasteiger partial charge in [0.1, 0.15) is 12.4 Å². The van der Waals surface area contributed by atoms with Crippen LogP contribution < -0.4 is 0 Å². The molecule has 0 aliphatic carbocycles. The fourth-order valence-corrected chi connectivity index (χ4v) is 3.77. The molecule has 0 bridgehead atoms. The largest absolute Gasteiger partial charge is 0.361 e. The molecule has 0 fully saturated rings. The number of hydrogen-bond donors (Lipinski definition) is 1. The number of para-hydroxylation sites is 1. The maximum atomic E-state index is 13.2. The van der Waals surface area contributed by atoms with E-state index in [9.17, 15) is 4.79 Å². The highest BCUT2D eigenvalue weighted by Crippen LogP contribution is 2.30. The number of rotatable bonds is 5. The van der Waals surface area contributed by atoms with Crippen molar-refractivity contribution in [2.24, 2.45) is 5.92 Å². The Bertz CT molecular complexity index is 958. The highest BCUT2D eigenvalue weighted by molar-refractivity contribution is 5.93. The number of aromatic nitrogens is 5. The molecule has 1 aromatic carbocycles. The predicted molar refractivity (Wildman–Crippen MR) is 104 cm³/mol. The number of nitrogens with one attached hydrogen (secondary N) is 1. The maximum Gasteiger partial charge on any atom is 0.248 e. The first kappa shape index (κ1) is 17.5. The van der Waals surface area contributed by atoms with Gasteiger partial charge in [-0.15, -0.1) is 5.10 Å². The summed E-state index contributed by atoms with van der Waals surface area (Å²) in [6, 6.07) is 7.96. The van der Waals surface area contributed by atoms with E-state index in [0.29, 0.717) is 13.1 Å². The Labute approximate surface area is 158 Å². The summed E-state index contributed by atoms with van der Waals surface area (Å²) in [5.74, 6) is 0.255. The summed E-state index contributed by atoms with van der Waals surface area (Å²) in [5, 5.41) is 12.6. The number of aromatic amines is 1. The molecule has 0 radical (unpaired) electrons. The molecule has 0 saturated heterocycles. The van der Waals surface area contributed by atoms with Crippen molar-refractivity contribution in [2.75, 3.05) is 13.1 Å². The van der Waals surface area contributed by atoms with Gasteiger partial charge in [0.15, 0.2) is 0 Å². The minimum atomic E-state index is -0.354. The first-order valence-corrected chi connectivity index (χ1v) is 9.45. The number of fused-ring (bicyclic) bond motifs is 1. The number of H-pyrrole nitrogens is 1. The van der Waals surface area contributed by atoms with E-state index in [1.54, 1.807) is 4.68 Å². The Hall–Kier alpha value is -2.96. The second kappa shape index (κ2) is 7.34. The summed E-state index contributed by atoms with van der Waals surface area (Å²) in [4.78, 5) is 18.4. The summed E-state index contributed by atoms with van der Waals surface area (Å²) in [6.07, 6.45) is 7.50. The van der Waals surface area contributed by atoms with Gasteiger partial charge >= 0.3 is 0 Å². The number of amides is 1. The van der Waals surface area contributed by atoms with Crippen molar-refractivity contribution < 1.29 is 4.79 Å². The van der Waals surface area contributed by atoms with E-state index >= 15 is 0 Å². The fraction of sp³-hybridized carbons (Fsp3) is 0.400. The summed E-state index contributed by atoms with van der Waals surface area (Å²) in [5.41, 5.74) is 3.66. The van der Waals surface area contributed by atoms with Crippen molar-refractivity contribution >= 4 is 22.4 Å². The van der Waals surface area contributed by atoms with Gasteiger partial charge in [-0.3, -0.25) is 4.79 Å². The van der Waals surface area contributed by atoms with Gasteiger partial charge in [-0.2, -0.15) is 0 Å². The van der Waals surface area contributed by atoms with E-state index in [1.165, 1.54) is 22.9 Å². The summed E-state index contributed by atoms with van der Waals surface area (Å²) < 4.78 is 1.59. The number of nitrogens with zero attached hydrogens (tertiary/aromatic N) is 5. The van der Waals surface area contributed by atoms with Crippen molar-refractivity contribution in [3.8, 4) is 0 Å². The van der Waals surface area contributed by atoms with E-state index in [2.05, 4.69) is 64.8 Å². The smallest absolute Gasteiger partial charge is 0.248 e. The maximum absolute atomic E-state index is 13.2. The normalized spacial score (nSPS) is 17.0. The summed E-state index contributed by atoms with van der Waals surface area (Å²) in [6.45, 7) is 5.48. The molecule has 1 N–H and O–H groups in total. The minimum Gasteiger partial charge on any atom is -0.361 e. The second-order valence-electron chi connectivity index (χ2n) is 7.13. The molecule has 0 spiro atoms. The zero-order valence-electron chi connectivity index (χ0n) is 15.7. The molecule has 7 nitrogen and oxygen atoms in total. The number of carbonyl (C=O) groups excluding carboxylic acids is 1. The molecular weight excluding hydrogens is 340 g/mol. The van der Waals surface area contributed by atoms with Gasteiger partial charge in [0, 0.05) is 35.8 Å². The van der Waals surface area contributed by atoms with Gasteiger partial charge < -0.3 is 9.88 Å². The Morgan fingerprint density at radius 2 is 2.19 bits per heavy atom. The zero-order valence-corrected chi connectivity index (χ0v) is 15.7. The van der Waals surface area contributed by atoms with E-state index in [1.807, 2.05) is 11.0 Å². The van der Waals surface area contributed by atoms with E-state index in [-0.39, 0.29) is 17.9 Å². The third-order valence-electron chi connectivity index (χ3n) is 5.54. The average Bonchev–Trinajstić information content (AvgIpc) is 3.38. The van der Waals surface area contributed by atoms with Crippen molar-refractivity contribution in [1.82, 2.24) is 30.1 Å². The first-order chi connectivity index (χ1) is 13.2. The summed E-state index contributed by atoms with van der Waals surface area (Å²) in [7, 11) is 0. The molecule has 1 aliphatic heterocycles. The third-order valence-corrected chi connectivity index (χ3v) is 5.54. The fourth-order valence-electron chi connectivity index (χ4n) is 3.77. The van der Waals surface area contributed by atoms with Gasteiger partial charge in [-0.1, -0.05) is 44.5 Å². The zero-order chi connectivity index (χ0) is 18.8. The number of tetrazole rings is 1. The Morgan fingerprint density at radius 3 is 2.89 bits per heavy atom. The quantitative estimate of drug-likeness (QED) is 0.754. The molecule has 27 heavy (non-hydrogen) atoms. The lowest BCUT2D eigenvalue weighted by atomic mass is 9.95. The molecule has 1 amide bonds. The molecular formula is C20H24N6O. The van der Waals surface area contributed by atoms with Crippen molar-refractivity contribution in [3.05, 3.63) is 48.4 Å². The highest BCUT2D eigenvalue weighted by Gasteiger charge is 2.32. The van der Waals surface area contributed by atoms with Gasteiger partial charge in [0.25, 0.3) is 0 Å². The minimum absolute atomic E-state index is 0.0888. The highest BCUT2D eigenvalue weighted by atomic mass is 16.2. The molecule has 2 atom stereocenters. The van der Waals surface area contributed by atoms with Gasteiger partial charge in [0.2, 0.25) is 5.91 Å². The van der Waals surface area contributed by atoms with Gasteiger partial charge in [-0.05, 0) is 34.4 Å². The molecule has 1 aliphatic rings. The van der Waals surface area contributed by atoms with Crippen LogP contribution in [0.4, 0.5) is 0 Å². The van der Waals surface area contributed by atoms with E-state index < -0.39 is 0 Å². The second-order valence-corrected chi connectivity index (χ2v) is 7.13. The topological polar surface area (TPSA) is 79.7 Å². The van der Waals surface area contributed by atoms with Crippen LogP contribution in [0.2, 0.25) is 0 Å². The molecule has 3 aromatic rings. The average molecular weight is 364 g/mol. The molecule has 2 aromatic heterocycles. The van der Waals surface area contributed by atoms with Crippen molar-refractivity contribution in [1.29, 1.82) is 0 Å². The summed E-state index contributed by atoms with van der Waals surface area (Å²) >= 11 is 0. The van der Waals surface area contributed by atoms with Crippen molar-refractivity contribution in [2.45, 2.75) is 32.7 Å². The molecule has 7 heteroatoms. The Kier molecular flexibility index (Phi) is 4.75. The Morgan fingerprint density at radius 1 is 1.33 bits per heavy atom. The van der Waals surface area contributed by atoms with E-state index in [0.717, 1.165) is 18.4 Å². The monoisotopic (exact) mass is 364 g/mol. The van der Waals surface area contributed by atoms with Crippen LogP contribution in [-0.4, -0.2) is 49.1 Å². The van der Waals surface area contributed by atoms with Crippen LogP contribution in [0.5, 0.6) is 0 Å². The van der Waals surface area contributed by atoms with E-state index in [4.69, 9.17) is 0 Å². The third kappa shape index (κ3) is 3.25. The molecule has 0 saturated carbocycles. The van der Waals surface area contributed by atoms with Crippen LogP contribution in [0.1, 0.15) is 38.3 Å². The lowest BCUT2D eigenvalue weighted by Crippen LogP contribution is -2.42. The molecule has 0 unspecified atom stereocenters. The number of carbonyl (C=O) groups is 1. The molecule has 140 valence electrons. The standard InChI is InChI=1S/C20H24N6O/c1-3-14(2)19(26-13-22-23-24-26)20(27)25-10-8-15(9-11-25)17-12-21-18-7-5-4-6-16(17)18/h4-8,12-14,19,21H,3,9-11H2,1-2H3/t14-,19-/m0/s1. The number of benzene rings is 1. The van der Waals surface area contributed by atoms with Crippen LogP contribution in [0.3, 0.4) is 0 Å². The van der Waals surface area contributed by atoms with Gasteiger partial charge in [0.05, 0.1) is 0 Å². The van der Waals surface area contributed by atoms with Crippen LogP contribution in [0.25, 0.3) is 16.5 Å². The lowest BCUT2D eigenvalue weighted by molar-refractivity contribution is -0.136. The van der Waals surface area contributed by atoms with Crippen LogP contribution in [-0.2, 0) is 4.79 Å². The van der Waals surface area contributed by atoms with Gasteiger partial charge in [-0.25, -0.2) is 4.68 Å². The van der Waals surface area contributed by atoms with Crippen molar-refractivity contribution in [3.63, 3.8) is 0 Å². The van der Waals surface area contributed by atoms with Crippen LogP contribution in [0, 0.1) is 5.92 Å². The van der Waals surface area contributed by atoms with Crippen LogP contribution in [0.15, 0.2) is 42.9 Å². The van der Waals surface area contributed by atoms with Crippen LogP contribution >= 0.6 is 0 Å². The Balaban J connectivity index is 1.54.